The number of carbonyl (C=O) groups excluding carboxylic acids is 2. The minimum atomic E-state index is -0.582. The summed E-state index contributed by atoms with van der Waals surface area (Å²) >= 11 is 7.75. The van der Waals surface area contributed by atoms with E-state index in [0.717, 1.165) is 21.2 Å². The summed E-state index contributed by atoms with van der Waals surface area (Å²) in [6, 6.07) is 22.3. The van der Waals surface area contributed by atoms with E-state index in [1.807, 2.05) is 55.5 Å². The average Bonchev–Trinajstić information content (AvgIpc) is 3.38. The summed E-state index contributed by atoms with van der Waals surface area (Å²) in [5, 5.41) is 1.17. The average molecular weight is 500 g/mol. The third kappa shape index (κ3) is 4.94. The van der Waals surface area contributed by atoms with Crippen LogP contribution in [0.1, 0.15) is 26.4 Å². The van der Waals surface area contributed by atoms with Crippen LogP contribution in [0.3, 0.4) is 0 Å². The van der Waals surface area contributed by atoms with Crippen molar-refractivity contribution in [2.24, 2.45) is 4.99 Å². The van der Waals surface area contributed by atoms with E-state index in [1.165, 1.54) is 17.4 Å². The minimum Gasteiger partial charge on any atom is -0.422 e. The summed E-state index contributed by atoms with van der Waals surface area (Å²) in [5.74, 6) is -0.677. The summed E-state index contributed by atoms with van der Waals surface area (Å²) < 4.78 is 11.8. The summed E-state index contributed by atoms with van der Waals surface area (Å²) in [4.78, 5) is 29.9. The molecule has 5 nitrogen and oxygen atoms in total. The molecule has 1 aromatic heterocycles. The SMILES string of the molecule is Cc1ccc2c(Cl)c(C(=O)Oc3ccccc3/C=C3N=C(/C=C/c4ccccc4)OC/3=O)sc2c1. The van der Waals surface area contributed by atoms with Crippen molar-refractivity contribution < 1.29 is 19.1 Å². The predicted molar refractivity (Wildman–Crippen MR) is 140 cm³/mol. The topological polar surface area (TPSA) is 65.0 Å². The monoisotopic (exact) mass is 499 g/mol. The van der Waals surface area contributed by atoms with Gasteiger partial charge in [0.05, 0.1) is 5.02 Å². The van der Waals surface area contributed by atoms with Gasteiger partial charge in [0.15, 0.2) is 5.70 Å². The fourth-order valence-corrected chi connectivity index (χ4v) is 5.00. The largest absolute Gasteiger partial charge is 0.422 e. The first-order chi connectivity index (χ1) is 17.0. The second-order valence-electron chi connectivity index (χ2n) is 7.79. The highest BCUT2D eigenvalue weighted by atomic mass is 35.5. The van der Waals surface area contributed by atoms with Crippen LogP contribution in [0.4, 0.5) is 0 Å². The van der Waals surface area contributed by atoms with Gasteiger partial charge in [0.2, 0.25) is 5.90 Å². The summed E-state index contributed by atoms with van der Waals surface area (Å²) in [7, 11) is 0. The lowest BCUT2D eigenvalue weighted by Crippen LogP contribution is -2.08. The van der Waals surface area contributed by atoms with Gasteiger partial charge in [-0.25, -0.2) is 14.6 Å². The highest BCUT2D eigenvalue weighted by molar-refractivity contribution is 7.21. The van der Waals surface area contributed by atoms with Gasteiger partial charge in [-0.3, -0.25) is 0 Å². The Morgan fingerprint density at radius 3 is 2.63 bits per heavy atom. The van der Waals surface area contributed by atoms with Crippen LogP contribution in [0.25, 0.3) is 22.2 Å². The Labute approximate surface area is 210 Å². The second kappa shape index (κ2) is 9.70. The van der Waals surface area contributed by atoms with E-state index >= 15 is 0 Å². The van der Waals surface area contributed by atoms with Crippen molar-refractivity contribution in [3.8, 4) is 5.75 Å². The first-order valence-corrected chi connectivity index (χ1v) is 11.9. The smallest absolute Gasteiger partial charge is 0.363 e. The van der Waals surface area contributed by atoms with Crippen molar-refractivity contribution in [1.82, 2.24) is 0 Å². The number of esters is 2. The molecule has 1 aliphatic rings. The van der Waals surface area contributed by atoms with Crippen LogP contribution in [-0.2, 0) is 9.53 Å². The lowest BCUT2D eigenvalue weighted by molar-refractivity contribution is -0.129. The zero-order valence-corrected chi connectivity index (χ0v) is 20.1. The molecule has 0 radical (unpaired) electrons. The van der Waals surface area contributed by atoms with Gasteiger partial charge < -0.3 is 9.47 Å². The van der Waals surface area contributed by atoms with E-state index in [4.69, 9.17) is 21.1 Å². The number of halogens is 1. The van der Waals surface area contributed by atoms with Crippen LogP contribution in [0.5, 0.6) is 5.75 Å². The number of ether oxygens (including phenoxy) is 2. The normalized spacial score (nSPS) is 14.5. The van der Waals surface area contributed by atoms with Crippen molar-refractivity contribution in [1.29, 1.82) is 0 Å². The van der Waals surface area contributed by atoms with E-state index in [2.05, 4.69) is 4.99 Å². The van der Waals surface area contributed by atoms with Crippen LogP contribution in [0, 0.1) is 6.92 Å². The molecule has 0 saturated carbocycles. The molecular weight excluding hydrogens is 482 g/mol. The molecule has 0 unspecified atom stereocenters. The number of hydrogen-bond donors (Lipinski definition) is 0. The van der Waals surface area contributed by atoms with Gasteiger partial charge in [0.25, 0.3) is 0 Å². The molecule has 0 spiro atoms. The number of thiophene rings is 1. The van der Waals surface area contributed by atoms with Crippen LogP contribution in [0.15, 0.2) is 89.6 Å². The van der Waals surface area contributed by atoms with Crippen molar-refractivity contribution in [2.45, 2.75) is 6.92 Å². The van der Waals surface area contributed by atoms with Crippen molar-refractivity contribution >= 4 is 63.0 Å². The van der Waals surface area contributed by atoms with Gasteiger partial charge in [-0.2, -0.15) is 0 Å². The molecule has 3 aromatic carbocycles. The van der Waals surface area contributed by atoms with E-state index in [0.29, 0.717) is 15.5 Å². The fraction of sp³-hybridized carbons (Fsp3) is 0.0357. The lowest BCUT2D eigenvalue weighted by atomic mass is 10.1. The van der Waals surface area contributed by atoms with Gasteiger partial charge in [-0.05, 0) is 42.3 Å². The third-order valence-electron chi connectivity index (χ3n) is 5.24. The molecule has 1 aliphatic heterocycles. The van der Waals surface area contributed by atoms with E-state index in [9.17, 15) is 9.59 Å². The van der Waals surface area contributed by atoms with Gasteiger partial charge in [0.1, 0.15) is 10.6 Å². The Bertz CT molecular complexity index is 1550. The fourth-order valence-electron chi connectivity index (χ4n) is 3.52. The van der Waals surface area contributed by atoms with Gasteiger partial charge in [0, 0.05) is 21.7 Å². The molecule has 35 heavy (non-hydrogen) atoms. The molecule has 2 heterocycles. The Morgan fingerprint density at radius 2 is 1.80 bits per heavy atom. The van der Waals surface area contributed by atoms with Gasteiger partial charge in [-0.15, -0.1) is 11.3 Å². The minimum absolute atomic E-state index is 0.108. The summed E-state index contributed by atoms with van der Waals surface area (Å²) in [6.45, 7) is 1.98. The first kappa shape index (κ1) is 22.8. The number of fused-ring (bicyclic) bond motifs is 1. The van der Waals surface area contributed by atoms with E-state index in [-0.39, 0.29) is 17.3 Å². The zero-order chi connectivity index (χ0) is 24.4. The number of cyclic esters (lactones) is 1. The number of nitrogens with zero attached hydrogens (tertiary/aromatic N) is 1. The molecule has 0 amide bonds. The molecule has 0 bridgehead atoms. The predicted octanol–water partition coefficient (Wildman–Crippen LogP) is 7.09. The molecular formula is C28H18ClNO4S. The maximum atomic E-state index is 13.0. The van der Waals surface area contributed by atoms with Crippen LogP contribution < -0.4 is 4.74 Å². The lowest BCUT2D eigenvalue weighted by Gasteiger charge is -2.07. The van der Waals surface area contributed by atoms with Gasteiger partial charge >= 0.3 is 11.9 Å². The number of aliphatic imine (C=N–C) groups is 1. The maximum Gasteiger partial charge on any atom is 0.363 e. The highest BCUT2D eigenvalue weighted by Gasteiger charge is 2.23. The molecule has 0 atom stereocenters. The van der Waals surface area contributed by atoms with Gasteiger partial charge in [-0.1, -0.05) is 72.3 Å². The molecule has 4 aromatic rings. The first-order valence-electron chi connectivity index (χ1n) is 10.7. The van der Waals surface area contributed by atoms with E-state index < -0.39 is 11.9 Å². The number of hydrogen-bond acceptors (Lipinski definition) is 6. The third-order valence-corrected chi connectivity index (χ3v) is 6.88. The van der Waals surface area contributed by atoms with Crippen molar-refractivity contribution in [3.63, 3.8) is 0 Å². The van der Waals surface area contributed by atoms with Crippen molar-refractivity contribution in [3.05, 3.63) is 111 Å². The Morgan fingerprint density at radius 1 is 1.03 bits per heavy atom. The highest BCUT2D eigenvalue weighted by Crippen LogP contribution is 2.37. The Balaban J connectivity index is 1.40. The molecule has 0 saturated heterocycles. The Hall–Kier alpha value is -4.00. The maximum absolute atomic E-state index is 13.0. The number of para-hydroxylation sites is 1. The molecule has 172 valence electrons. The zero-order valence-electron chi connectivity index (χ0n) is 18.5. The van der Waals surface area contributed by atoms with Crippen LogP contribution in [-0.4, -0.2) is 17.8 Å². The standard InChI is InChI=1S/C28H18ClNO4S/c1-17-11-13-20-23(15-17)35-26(25(20)29)28(32)33-22-10-6-5-9-19(22)16-21-27(31)34-24(30-21)14-12-18-7-3-2-4-8-18/h2-16H,1H3/b14-12+,21-16+. The molecule has 7 heteroatoms. The molecule has 0 N–H and O–H groups in total. The van der Waals surface area contributed by atoms with Crippen molar-refractivity contribution in [2.75, 3.05) is 0 Å². The second-order valence-corrected chi connectivity index (χ2v) is 9.22. The van der Waals surface area contributed by atoms with Crippen LogP contribution >= 0.6 is 22.9 Å². The number of benzene rings is 3. The number of carbonyl (C=O) groups is 2. The van der Waals surface area contributed by atoms with E-state index in [1.54, 1.807) is 36.4 Å². The quantitative estimate of drug-likeness (QED) is 0.167. The molecule has 0 fully saturated rings. The summed E-state index contributed by atoms with van der Waals surface area (Å²) in [6.07, 6.45) is 4.97. The number of rotatable bonds is 5. The molecule has 5 rings (SSSR count). The number of aryl methyl sites for hydroxylation is 1. The van der Waals surface area contributed by atoms with Crippen LogP contribution in [0.2, 0.25) is 5.02 Å². The Kier molecular flexibility index (Phi) is 6.31. The molecule has 0 aliphatic carbocycles. The summed E-state index contributed by atoms with van der Waals surface area (Å²) in [5.41, 5.74) is 2.65.